The van der Waals surface area contributed by atoms with Gasteiger partial charge in [-0.2, -0.15) is 0 Å². The number of hydrogen-bond donors (Lipinski definition) is 2. The van der Waals surface area contributed by atoms with Gasteiger partial charge in [0.15, 0.2) is 0 Å². The average Bonchev–Trinajstić information content (AvgIpc) is 2.46. The van der Waals surface area contributed by atoms with Gasteiger partial charge >= 0.3 is 0 Å². The molecule has 0 heterocycles. The molecule has 0 aliphatic heterocycles. The standard InChI is InChI=1S/C17H21NO2/c1-12-4-5-14(13(2)8-12)10-18-16-6-7-17(20-3)15(9-16)11-19/h4-9,18-19H,10-11H2,1-3H3. The first kappa shape index (κ1) is 14.4. The number of benzene rings is 2. The number of ether oxygens (including phenoxy) is 1. The van der Waals surface area contributed by atoms with Crippen LogP contribution in [0.4, 0.5) is 5.69 Å². The Morgan fingerprint density at radius 2 is 1.85 bits per heavy atom. The second-order valence-corrected chi connectivity index (χ2v) is 4.97. The molecule has 0 fully saturated rings. The lowest BCUT2D eigenvalue weighted by atomic mass is 10.1. The van der Waals surface area contributed by atoms with Gasteiger partial charge in [0.2, 0.25) is 0 Å². The highest BCUT2D eigenvalue weighted by Crippen LogP contribution is 2.23. The molecule has 2 N–H and O–H groups in total. The number of rotatable bonds is 5. The highest BCUT2D eigenvalue weighted by molar-refractivity contribution is 5.51. The van der Waals surface area contributed by atoms with Gasteiger partial charge in [0.25, 0.3) is 0 Å². The number of aliphatic hydroxyl groups excluding tert-OH is 1. The monoisotopic (exact) mass is 271 g/mol. The van der Waals surface area contributed by atoms with Gasteiger partial charge in [-0.3, -0.25) is 0 Å². The topological polar surface area (TPSA) is 41.5 Å². The number of anilines is 1. The van der Waals surface area contributed by atoms with Gasteiger partial charge in [-0.25, -0.2) is 0 Å². The molecule has 106 valence electrons. The third-order valence-corrected chi connectivity index (χ3v) is 3.43. The van der Waals surface area contributed by atoms with E-state index >= 15 is 0 Å². The Labute approximate surface area is 120 Å². The van der Waals surface area contributed by atoms with Crippen LogP contribution in [-0.2, 0) is 13.2 Å². The minimum absolute atomic E-state index is 0.0255. The molecule has 0 saturated heterocycles. The highest BCUT2D eigenvalue weighted by Gasteiger charge is 2.04. The molecule has 0 aliphatic carbocycles. The molecule has 0 saturated carbocycles. The summed E-state index contributed by atoms with van der Waals surface area (Å²) in [6.07, 6.45) is 0. The van der Waals surface area contributed by atoms with Crippen molar-refractivity contribution in [2.24, 2.45) is 0 Å². The van der Waals surface area contributed by atoms with Crippen molar-refractivity contribution in [2.75, 3.05) is 12.4 Å². The van der Waals surface area contributed by atoms with Crippen molar-refractivity contribution in [2.45, 2.75) is 27.0 Å². The van der Waals surface area contributed by atoms with E-state index in [1.165, 1.54) is 16.7 Å². The van der Waals surface area contributed by atoms with Gasteiger partial charge in [-0.1, -0.05) is 23.8 Å². The zero-order valence-corrected chi connectivity index (χ0v) is 12.2. The van der Waals surface area contributed by atoms with Crippen LogP contribution in [0.1, 0.15) is 22.3 Å². The van der Waals surface area contributed by atoms with Crippen LogP contribution in [0.15, 0.2) is 36.4 Å². The summed E-state index contributed by atoms with van der Waals surface area (Å²) in [5.41, 5.74) is 5.61. The van der Waals surface area contributed by atoms with Gasteiger partial charge in [-0.05, 0) is 43.2 Å². The molecule has 3 nitrogen and oxygen atoms in total. The maximum Gasteiger partial charge on any atom is 0.124 e. The Balaban J connectivity index is 2.10. The van der Waals surface area contributed by atoms with Crippen LogP contribution in [0.3, 0.4) is 0 Å². The Bertz CT molecular complexity index is 594. The summed E-state index contributed by atoms with van der Waals surface area (Å²) in [6.45, 7) is 4.96. The van der Waals surface area contributed by atoms with Gasteiger partial charge in [0, 0.05) is 17.8 Å². The lowest BCUT2D eigenvalue weighted by molar-refractivity contribution is 0.274. The molecule has 2 aromatic rings. The fourth-order valence-electron chi connectivity index (χ4n) is 2.25. The molecule has 0 aliphatic rings. The number of hydrogen-bond acceptors (Lipinski definition) is 3. The molecule has 2 rings (SSSR count). The van der Waals surface area contributed by atoms with Gasteiger partial charge in [0.1, 0.15) is 5.75 Å². The zero-order valence-electron chi connectivity index (χ0n) is 12.2. The van der Waals surface area contributed by atoms with E-state index in [1.54, 1.807) is 7.11 Å². The Kier molecular flexibility index (Phi) is 4.64. The fraction of sp³-hybridized carbons (Fsp3) is 0.294. The van der Waals surface area contributed by atoms with Crippen LogP contribution in [0.5, 0.6) is 5.75 Å². The van der Waals surface area contributed by atoms with Crippen LogP contribution >= 0.6 is 0 Å². The maximum absolute atomic E-state index is 9.33. The SMILES string of the molecule is COc1ccc(NCc2ccc(C)cc2C)cc1CO. The first-order valence-corrected chi connectivity index (χ1v) is 6.72. The van der Waals surface area contributed by atoms with Crippen molar-refractivity contribution in [3.8, 4) is 5.75 Å². The van der Waals surface area contributed by atoms with Crippen molar-refractivity contribution >= 4 is 5.69 Å². The minimum atomic E-state index is -0.0255. The average molecular weight is 271 g/mol. The third-order valence-electron chi connectivity index (χ3n) is 3.43. The molecule has 0 unspecified atom stereocenters. The normalized spacial score (nSPS) is 10.4. The number of aryl methyl sites for hydroxylation is 2. The van der Waals surface area contributed by atoms with Crippen LogP contribution in [0.2, 0.25) is 0 Å². The van der Waals surface area contributed by atoms with Crippen molar-refractivity contribution in [1.82, 2.24) is 0 Å². The summed E-state index contributed by atoms with van der Waals surface area (Å²) in [5, 5.41) is 12.7. The van der Waals surface area contributed by atoms with E-state index in [0.29, 0.717) is 5.75 Å². The Morgan fingerprint density at radius 3 is 2.50 bits per heavy atom. The molecule has 0 bridgehead atoms. The minimum Gasteiger partial charge on any atom is -0.496 e. The molecule has 0 radical (unpaired) electrons. The van der Waals surface area contributed by atoms with Crippen LogP contribution in [-0.4, -0.2) is 12.2 Å². The van der Waals surface area contributed by atoms with Crippen LogP contribution in [0, 0.1) is 13.8 Å². The lowest BCUT2D eigenvalue weighted by Crippen LogP contribution is -2.02. The molecule has 0 amide bonds. The van der Waals surface area contributed by atoms with Gasteiger partial charge < -0.3 is 15.2 Å². The predicted octanol–water partition coefficient (Wildman–Crippen LogP) is 3.42. The fourth-order valence-corrected chi connectivity index (χ4v) is 2.25. The molecule has 3 heteroatoms. The van der Waals surface area contributed by atoms with E-state index in [4.69, 9.17) is 4.74 Å². The van der Waals surface area contributed by atoms with Crippen molar-refractivity contribution in [1.29, 1.82) is 0 Å². The molecular weight excluding hydrogens is 250 g/mol. The largest absolute Gasteiger partial charge is 0.496 e. The summed E-state index contributed by atoms with van der Waals surface area (Å²) >= 11 is 0. The van der Waals surface area contributed by atoms with E-state index in [2.05, 4.69) is 37.4 Å². The summed E-state index contributed by atoms with van der Waals surface area (Å²) in [4.78, 5) is 0. The Hall–Kier alpha value is -2.00. The van der Waals surface area contributed by atoms with E-state index in [0.717, 1.165) is 17.8 Å². The number of aliphatic hydroxyl groups is 1. The van der Waals surface area contributed by atoms with E-state index in [9.17, 15) is 5.11 Å². The molecule has 20 heavy (non-hydrogen) atoms. The summed E-state index contributed by atoms with van der Waals surface area (Å²) in [5.74, 6) is 0.713. The second kappa shape index (κ2) is 6.44. The molecule has 0 atom stereocenters. The zero-order chi connectivity index (χ0) is 14.5. The van der Waals surface area contributed by atoms with Crippen molar-refractivity contribution in [3.05, 3.63) is 58.7 Å². The number of methoxy groups -OCH3 is 1. The molecule has 0 aromatic heterocycles. The van der Waals surface area contributed by atoms with E-state index in [-0.39, 0.29) is 6.61 Å². The van der Waals surface area contributed by atoms with Crippen molar-refractivity contribution in [3.63, 3.8) is 0 Å². The summed E-state index contributed by atoms with van der Waals surface area (Å²) in [7, 11) is 1.61. The molecule has 2 aromatic carbocycles. The predicted molar refractivity (Wildman–Crippen MR) is 82.2 cm³/mol. The summed E-state index contributed by atoms with van der Waals surface area (Å²) in [6, 6.07) is 12.2. The van der Waals surface area contributed by atoms with Gasteiger partial charge in [-0.15, -0.1) is 0 Å². The second-order valence-electron chi connectivity index (χ2n) is 4.97. The first-order chi connectivity index (χ1) is 9.63. The van der Waals surface area contributed by atoms with Crippen LogP contribution in [0.25, 0.3) is 0 Å². The third kappa shape index (κ3) is 3.31. The Morgan fingerprint density at radius 1 is 1.05 bits per heavy atom. The first-order valence-electron chi connectivity index (χ1n) is 6.72. The van der Waals surface area contributed by atoms with E-state index < -0.39 is 0 Å². The lowest BCUT2D eigenvalue weighted by Gasteiger charge is -2.12. The maximum atomic E-state index is 9.33. The summed E-state index contributed by atoms with van der Waals surface area (Å²) < 4.78 is 5.20. The molecule has 0 spiro atoms. The van der Waals surface area contributed by atoms with Gasteiger partial charge in [0.05, 0.1) is 13.7 Å². The smallest absolute Gasteiger partial charge is 0.124 e. The highest BCUT2D eigenvalue weighted by atomic mass is 16.5. The molecular formula is C17H21NO2. The van der Waals surface area contributed by atoms with Crippen LogP contribution < -0.4 is 10.1 Å². The van der Waals surface area contributed by atoms with E-state index in [1.807, 2.05) is 18.2 Å². The van der Waals surface area contributed by atoms with Crippen molar-refractivity contribution < 1.29 is 9.84 Å². The number of nitrogens with one attached hydrogen (secondary N) is 1. The quantitative estimate of drug-likeness (QED) is 0.875.